The van der Waals surface area contributed by atoms with E-state index in [1.54, 1.807) is 11.3 Å². The van der Waals surface area contributed by atoms with Crippen LogP contribution in [0.1, 0.15) is 38.8 Å². The molecule has 0 aliphatic carbocycles. The summed E-state index contributed by atoms with van der Waals surface area (Å²) in [6, 6.07) is 0. The Morgan fingerprint density at radius 3 is 2.94 bits per heavy atom. The molecule has 1 aromatic heterocycles. The summed E-state index contributed by atoms with van der Waals surface area (Å²) in [5.41, 5.74) is 2.92. The summed E-state index contributed by atoms with van der Waals surface area (Å²) in [7, 11) is 0. The van der Waals surface area contributed by atoms with Gasteiger partial charge in [0.25, 0.3) is 0 Å². The van der Waals surface area contributed by atoms with Crippen molar-refractivity contribution in [2.75, 3.05) is 0 Å². The summed E-state index contributed by atoms with van der Waals surface area (Å²) in [6.45, 7) is 4.40. The van der Waals surface area contributed by atoms with Crippen molar-refractivity contribution >= 4 is 17.2 Å². The molecule has 16 heavy (non-hydrogen) atoms. The van der Waals surface area contributed by atoms with Crippen LogP contribution in [0, 0.1) is 5.92 Å². The Hall–Kier alpha value is -0.900. The van der Waals surface area contributed by atoms with Gasteiger partial charge in [0, 0.05) is 23.8 Å². The van der Waals surface area contributed by atoms with E-state index in [-0.39, 0.29) is 11.4 Å². The number of hydrogen-bond acceptors (Lipinski definition) is 3. The predicted molar refractivity (Wildman–Crippen MR) is 65.4 cm³/mol. The average molecular weight is 238 g/mol. The van der Waals surface area contributed by atoms with Crippen LogP contribution < -0.4 is 5.32 Å². The van der Waals surface area contributed by atoms with Crippen LogP contribution in [-0.2, 0) is 11.2 Å². The number of aromatic nitrogens is 1. The number of rotatable bonds is 4. The molecule has 0 aromatic carbocycles. The van der Waals surface area contributed by atoms with Crippen LogP contribution in [0.3, 0.4) is 0 Å². The Morgan fingerprint density at radius 2 is 2.44 bits per heavy atom. The maximum atomic E-state index is 11.4. The summed E-state index contributed by atoms with van der Waals surface area (Å²) in [5.74, 6) is 0.785. The number of nitrogens with one attached hydrogen (secondary N) is 1. The van der Waals surface area contributed by atoms with Crippen LogP contribution in [0.2, 0.25) is 0 Å². The highest BCUT2D eigenvalue weighted by atomic mass is 32.1. The van der Waals surface area contributed by atoms with Crippen LogP contribution >= 0.6 is 11.3 Å². The summed E-state index contributed by atoms with van der Waals surface area (Å²) >= 11 is 1.62. The Morgan fingerprint density at radius 1 is 1.62 bits per heavy atom. The zero-order chi connectivity index (χ0) is 11.6. The molecule has 0 saturated carbocycles. The largest absolute Gasteiger partial charge is 0.350 e. The molecule has 1 aromatic rings. The van der Waals surface area contributed by atoms with Crippen molar-refractivity contribution in [3.63, 3.8) is 0 Å². The molecule has 0 spiro atoms. The molecule has 1 N–H and O–H groups in total. The van der Waals surface area contributed by atoms with E-state index in [1.807, 2.05) is 5.51 Å². The van der Waals surface area contributed by atoms with Crippen molar-refractivity contribution in [2.45, 2.75) is 45.1 Å². The molecule has 1 saturated heterocycles. The quantitative estimate of drug-likeness (QED) is 0.875. The van der Waals surface area contributed by atoms with E-state index in [9.17, 15) is 4.79 Å². The highest BCUT2D eigenvalue weighted by Gasteiger charge is 2.38. The van der Waals surface area contributed by atoms with Gasteiger partial charge < -0.3 is 5.32 Å². The lowest BCUT2D eigenvalue weighted by Crippen LogP contribution is -2.44. The van der Waals surface area contributed by atoms with Crippen molar-refractivity contribution in [1.29, 1.82) is 0 Å². The molecule has 1 atom stereocenters. The fourth-order valence-electron chi connectivity index (χ4n) is 2.58. The third kappa shape index (κ3) is 2.61. The second-order valence-corrected chi connectivity index (χ2v) is 5.80. The summed E-state index contributed by atoms with van der Waals surface area (Å²) in [5, 5.41) is 5.24. The first-order valence-corrected chi connectivity index (χ1v) is 6.72. The molecule has 0 radical (unpaired) electrons. The van der Waals surface area contributed by atoms with Crippen molar-refractivity contribution in [2.24, 2.45) is 5.92 Å². The van der Waals surface area contributed by atoms with Gasteiger partial charge in [-0.2, -0.15) is 0 Å². The van der Waals surface area contributed by atoms with E-state index in [1.165, 1.54) is 0 Å². The van der Waals surface area contributed by atoms with Crippen molar-refractivity contribution in [3.05, 3.63) is 16.6 Å². The molecule has 1 aliphatic heterocycles. The fourth-order valence-corrected chi connectivity index (χ4v) is 3.14. The second-order valence-electron chi connectivity index (χ2n) is 5.08. The molecule has 1 amide bonds. The number of thiazole rings is 1. The first-order valence-electron chi connectivity index (χ1n) is 5.78. The molecule has 4 heteroatoms. The predicted octanol–water partition coefficient (Wildman–Crippen LogP) is 2.38. The van der Waals surface area contributed by atoms with Crippen molar-refractivity contribution < 1.29 is 4.79 Å². The van der Waals surface area contributed by atoms with Gasteiger partial charge in [-0.1, -0.05) is 13.8 Å². The molecule has 2 rings (SSSR count). The summed E-state index contributed by atoms with van der Waals surface area (Å²) < 4.78 is 0. The van der Waals surface area contributed by atoms with Crippen molar-refractivity contribution in [3.8, 4) is 0 Å². The van der Waals surface area contributed by atoms with E-state index in [4.69, 9.17) is 0 Å². The van der Waals surface area contributed by atoms with Gasteiger partial charge in [-0.15, -0.1) is 11.3 Å². The maximum absolute atomic E-state index is 11.4. The van der Waals surface area contributed by atoms with E-state index in [2.05, 4.69) is 29.5 Å². The Labute approximate surface area is 100 Å². The van der Waals surface area contributed by atoms with Gasteiger partial charge >= 0.3 is 0 Å². The zero-order valence-corrected chi connectivity index (χ0v) is 10.6. The van der Waals surface area contributed by atoms with Gasteiger partial charge in [-0.05, 0) is 18.8 Å². The van der Waals surface area contributed by atoms with Gasteiger partial charge in [0.1, 0.15) is 0 Å². The standard InChI is InChI=1S/C12H18N2OS/c1-9(2)5-12(4-3-11(15)14-12)6-10-7-16-8-13-10/h7-9H,3-6H2,1-2H3,(H,14,15). The number of amides is 1. The van der Waals surface area contributed by atoms with E-state index >= 15 is 0 Å². The molecule has 1 fully saturated rings. The van der Waals surface area contributed by atoms with Gasteiger partial charge in [0.05, 0.1) is 11.2 Å². The third-order valence-corrected chi connectivity index (χ3v) is 3.67. The minimum absolute atomic E-state index is 0.0423. The average Bonchev–Trinajstić information content (AvgIpc) is 2.76. The Balaban J connectivity index is 2.11. The molecule has 1 aliphatic rings. The Bertz CT molecular complexity index is 361. The first kappa shape index (κ1) is 11.6. The van der Waals surface area contributed by atoms with Crippen LogP contribution in [0.15, 0.2) is 10.9 Å². The fraction of sp³-hybridized carbons (Fsp3) is 0.667. The summed E-state index contributed by atoms with van der Waals surface area (Å²) in [4.78, 5) is 15.8. The minimum Gasteiger partial charge on any atom is -0.350 e. The molecule has 88 valence electrons. The van der Waals surface area contributed by atoms with Crippen LogP contribution in [0.25, 0.3) is 0 Å². The molecule has 0 bridgehead atoms. The number of carbonyl (C=O) groups is 1. The van der Waals surface area contributed by atoms with Gasteiger partial charge in [-0.25, -0.2) is 4.98 Å². The van der Waals surface area contributed by atoms with E-state index < -0.39 is 0 Å². The molecular weight excluding hydrogens is 220 g/mol. The molecule has 1 unspecified atom stereocenters. The Kier molecular flexibility index (Phi) is 3.28. The highest BCUT2D eigenvalue weighted by Crippen LogP contribution is 2.30. The minimum atomic E-state index is -0.0423. The highest BCUT2D eigenvalue weighted by molar-refractivity contribution is 7.07. The summed E-state index contributed by atoms with van der Waals surface area (Å²) in [6.07, 6.45) is 3.52. The van der Waals surface area contributed by atoms with Gasteiger partial charge in [0.2, 0.25) is 5.91 Å². The maximum Gasteiger partial charge on any atom is 0.220 e. The zero-order valence-electron chi connectivity index (χ0n) is 9.82. The molecule has 3 nitrogen and oxygen atoms in total. The van der Waals surface area contributed by atoms with Gasteiger partial charge in [0.15, 0.2) is 0 Å². The van der Waals surface area contributed by atoms with Gasteiger partial charge in [-0.3, -0.25) is 4.79 Å². The first-order chi connectivity index (χ1) is 7.60. The van der Waals surface area contributed by atoms with E-state index in [0.29, 0.717) is 12.3 Å². The smallest absolute Gasteiger partial charge is 0.220 e. The number of carbonyl (C=O) groups excluding carboxylic acids is 1. The third-order valence-electron chi connectivity index (χ3n) is 3.04. The molecule has 2 heterocycles. The number of nitrogens with zero attached hydrogens (tertiary/aromatic N) is 1. The van der Waals surface area contributed by atoms with Crippen LogP contribution in [0.4, 0.5) is 0 Å². The lowest BCUT2D eigenvalue weighted by Gasteiger charge is -2.30. The topological polar surface area (TPSA) is 42.0 Å². The SMILES string of the molecule is CC(C)CC1(Cc2cscn2)CCC(=O)N1. The van der Waals surface area contributed by atoms with Crippen LogP contribution in [-0.4, -0.2) is 16.4 Å². The van der Waals surface area contributed by atoms with Crippen LogP contribution in [0.5, 0.6) is 0 Å². The lowest BCUT2D eigenvalue weighted by atomic mass is 9.84. The monoisotopic (exact) mass is 238 g/mol. The lowest BCUT2D eigenvalue weighted by molar-refractivity contribution is -0.119. The van der Waals surface area contributed by atoms with Crippen molar-refractivity contribution in [1.82, 2.24) is 10.3 Å². The normalized spacial score (nSPS) is 25.1. The molecular formula is C12H18N2OS. The number of hydrogen-bond donors (Lipinski definition) is 1. The second kappa shape index (κ2) is 4.53. The van der Waals surface area contributed by atoms with E-state index in [0.717, 1.165) is 25.0 Å².